The van der Waals surface area contributed by atoms with E-state index in [1.807, 2.05) is 6.92 Å². The minimum absolute atomic E-state index is 0.333. The van der Waals surface area contributed by atoms with Crippen molar-refractivity contribution in [2.24, 2.45) is 0 Å². The van der Waals surface area contributed by atoms with Gasteiger partial charge < -0.3 is 9.64 Å². The van der Waals surface area contributed by atoms with Gasteiger partial charge in [0.1, 0.15) is 11.4 Å². The van der Waals surface area contributed by atoms with Crippen molar-refractivity contribution >= 4 is 6.09 Å². The van der Waals surface area contributed by atoms with Gasteiger partial charge in [-0.15, -0.1) is 6.58 Å². The van der Waals surface area contributed by atoms with E-state index in [0.29, 0.717) is 30.6 Å². The number of hydrogen-bond acceptors (Lipinski definition) is 3. The molecule has 1 aliphatic heterocycles. The molecular weight excluding hydrogens is 450 g/mol. The topological polar surface area (TPSA) is 47.4 Å². The monoisotopic (exact) mass is 473 g/mol. The summed E-state index contributed by atoms with van der Waals surface area (Å²) in [5.74, 6) is -0.372. The molecule has 1 saturated heterocycles. The number of rotatable bonds is 6. The Bertz CT molecular complexity index is 1170. The number of hydrogen-bond donors (Lipinski definition) is 0. The van der Waals surface area contributed by atoms with Crippen LogP contribution in [0.15, 0.2) is 73.4 Å². The molecule has 0 spiro atoms. The number of ether oxygens (including phenoxy) is 1. The molecule has 34 heavy (non-hydrogen) atoms. The van der Waals surface area contributed by atoms with E-state index in [-0.39, 0.29) is 11.9 Å². The molecule has 0 bridgehead atoms. The number of benzene rings is 2. The molecule has 178 valence electrons. The molecule has 0 N–H and O–H groups in total. The highest BCUT2D eigenvalue weighted by atomic mass is 19.4. The Morgan fingerprint density at radius 3 is 2.38 bits per heavy atom. The van der Waals surface area contributed by atoms with Gasteiger partial charge in [-0.3, -0.25) is 0 Å². The summed E-state index contributed by atoms with van der Waals surface area (Å²) in [6.07, 6.45) is -1.21. The number of carbonyl (C=O) groups excluding carboxylic acids is 1. The Balaban J connectivity index is 1.50. The average Bonchev–Trinajstić information content (AvgIpc) is 3.31. The average molecular weight is 473 g/mol. The van der Waals surface area contributed by atoms with E-state index in [9.17, 15) is 22.4 Å². The highest BCUT2D eigenvalue weighted by Gasteiger charge is 2.42. The van der Waals surface area contributed by atoms with Crippen molar-refractivity contribution in [2.75, 3.05) is 6.54 Å². The van der Waals surface area contributed by atoms with Gasteiger partial charge in [-0.2, -0.15) is 18.3 Å². The molecule has 3 aromatic rings. The highest BCUT2D eigenvalue weighted by Crippen LogP contribution is 2.40. The molecule has 1 aliphatic rings. The third-order valence-corrected chi connectivity index (χ3v) is 6.11. The molecule has 2 heterocycles. The van der Waals surface area contributed by atoms with Crippen LogP contribution in [0.5, 0.6) is 0 Å². The van der Waals surface area contributed by atoms with Gasteiger partial charge >= 0.3 is 12.3 Å². The van der Waals surface area contributed by atoms with Gasteiger partial charge in [-0.1, -0.05) is 30.3 Å². The van der Waals surface area contributed by atoms with Gasteiger partial charge in [0.2, 0.25) is 0 Å². The Hall–Kier alpha value is -3.62. The fraction of sp³-hybridized carbons (Fsp3) is 0.280. The van der Waals surface area contributed by atoms with Crippen LogP contribution >= 0.6 is 0 Å². The minimum atomic E-state index is -4.51. The standard InChI is InChI=1S/C25H23F4N3O2/c1-3-13-24(19-6-8-20(26)9-7-19)14-16-31(23(33)34-24)17(2)18-4-10-21(11-5-18)32-15-12-22(30-32)25(27,28)29/h3-12,15,17H,1,13-14,16H2,2H3/t17-,24?/m0/s1. The fourth-order valence-corrected chi connectivity index (χ4v) is 4.18. The van der Waals surface area contributed by atoms with Crippen LogP contribution in [0.1, 0.15) is 42.6 Å². The lowest BCUT2D eigenvalue weighted by atomic mass is 9.85. The van der Waals surface area contributed by atoms with Gasteiger partial charge in [0.05, 0.1) is 11.7 Å². The van der Waals surface area contributed by atoms with Crippen LogP contribution < -0.4 is 0 Å². The molecule has 0 radical (unpaired) electrons. The number of alkyl halides is 3. The molecule has 1 unspecified atom stereocenters. The lowest BCUT2D eigenvalue weighted by Crippen LogP contribution is -2.48. The number of amides is 1. The van der Waals surface area contributed by atoms with Crippen molar-refractivity contribution in [3.8, 4) is 5.69 Å². The second-order valence-corrected chi connectivity index (χ2v) is 8.22. The van der Waals surface area contributed by atoms with Crippen molar-refractivity contribution in [1.82, 2.24) is 14.7 Å². The summed E-state index contributed by atoms with van der Waals surface area (Å²) in [5.41, 5.74) is 0.0837. The summed E-state index contributed by atoms with van der Waals surface area (Å²) in [6.45, 7) is 6.02. The largest absolute Gasteiger partial charge is 0.437 e. The Morgan fingerprint density at radius 1 is 1.15 bits per heavy atom. The summed E-state index contributed by atoms with van der Waals surface area (Å²) in [6, 6.07) is 13.3. The molecule has 4 rings (SSSR count). The SMILES string of the molecule is C=CCC1(c2ccc(F)cc2)CCN([C@@H](C)c2ccc(-n3ccc(C(F)(F)F)n3)cc2)C(=O)O1. The lowest BCUT2D eigenvalue weighted by molar-refractivity contribution is -0.141. The Morgan fingerprint density at radius 2 is 1.82 bits per heavy atom. The van der Waals surface area contributed by atoms with E-state index in [1.54, 1.807) is 47.4 Å². The first-order valence-electron chi connectivity index (χ1n) is 10.7. The van der Waals surface area contributed by atoms with Crippen LogP contribution in [0, 0.1) is 5.82 Å². The van der Waals surface area contributed by atoms with Gasteiger partial charge in [0.25, 0.3) is 0 Å². The van der Waals surface area contributed by atoms with E-state index >= 15 is 0 Å². The summed E-state index contributed by atoms with van der Waals surface area (Å²) < 4.78 is 58.9. The molecule has 2 aromatic carbocycles. The second-order valence-electron chi connectivity index (χ2n) is 8.22. The number of carbonyl (C=O) groups is 1. The minimum Gasteiger partial charge on any atom is -0.437 e. The summed E-state index contributed by atoms with van der Waals surface area (Å²) >= 11 is 0. The van der Waals surface area contributed by atoms with Gasteiger partial charge in [0.15, 0.2) is 5.69 Å². The Labute approximate surface area is 194 Å². The highest BCUT2D eigenvalue weighted by molar-refractivity contribution is 5.70. The van der Waals surface area contributed by atoms with Crippen LogP contribution in [0.2, 0.25) is 0 Å². The third-order valence-electron chi connectivity index (χ3n) is 6.11. The van der Waals surface area contributed by atoms with E-state index in [0.717, 1.165) is 16.3 Å². The Kier molecular flexibility index (Phi) is 6.20. The van der Waals surface area contributed by atoms with Crippen LogP contribution in [0.3, 0.4) is 0 Å². The first-order valence-corrected chi connectivity index (χ1v) is 10.7. The summed E-state index contributed by atoms with van der Waals surface area (Å²) in [7, 11) is 0. The maximum atomic E-state index is 13.4. The third kappa shape index (κ3) is 4.55. The van der Waals surface area contributed by atoms with Gasteiger partial charge in [-0.25, -0.2) is 13.9 Å². The van der Waals surface area contributed by atoms with Gasteiger partial charge in [0, 0.05) is 25.6 Å². The van der Waals surface area contributed by atoms with Crippen molar-refractivity contribution in [3.63, 3.8) is 0 Å². The second kappa shape index (κ2) is 8.96. The molecule has 5 nitrogen and oxygen atoms in total. The predicted molar refractivity (Wildman–Crippen MR) is 118 cm³/mol. The molecular formula is C25H23F4N3O2. The quantitative estimate of drug-likeness (QED) is 0.307. The zero-order valence-corrected chi connectivity index (χ0v) is 18.4. The molecule has 1 amide bonds. The number of cyclic esters (lactones) is 1. The van der Waals surface area contributed by atoms with Crippen molar-refractivity contribution in [1.29, 1.82) is 0 Å². The number of nitrogens with zero attached hydrogens (tertiary/aromatic N) is 3. The molecule has 9 heteroatoms. The first kappa shape index (κ1) is 23.5. The van der Waals surface area contributed by atoms with E-state index in [1.165, 1.54) is 18.3 Å². The predicted octanol–water partition coefficient (Wildman–Crippen LogP) is 6.41. The molecule has 1 fully saturated rings. The lowest BCUT2D eigenvalue weighted by Gasteiger charge is -2.43. The van der Waals surface area contributed by atoms with Crippen LogP contribution in [-0.4, -0.2) is 27.3 Å². The number of halogens is 4. The smallest absolute Gasteiger partial charge is 0.435 e. The summed E-state index contributed by atoms with van der Waals surface area (Å²) in [4.78, 5) is 14.6. The molecule has 2 atom stereocenters. The first-order chi connectivity index (χ1) is 16.1. The maximum Gasteiger partial charge on any atom is 0.435 e. The van der Waals surface area contributed by atoms with Crippen LogP contribution in [-0.2, 0) is 16.5 Å². The molecule has 0 aliphatic carbocycles. The fourth-order valence-electron chi connectivity index (χ4n) is 4.18. The maximum absolute atomic E-state index is 13.4. The van der Waals surface area contributed by atoms with Gasteiger partial charge in [-0.05, 0) is 48.4 Å². The zero-order valence-electron chi connectivity index (χ0n) is 18.4. The molecule has 0 saturated carbocycles. The van der Waals surface area contributed by atoms with Crippen molar-refractivity contribution < 1.29 is 27.1 Å². The van der Waals surface area contributed by atoms with Crippen LogP contribution in [0.25, 0.3) is 5.69 Å². The molecule has 1 aromatic heterocycles. The van der Waals surface area contributed by atoms with E-state index < -0.39 is 23.6 Å². The van der Waals surface area contributed by atoms with Crippen molar-refractivity contribution in [2.45, 2.75) is 37.6 Å². The number of aromatic nitrogens is 2. The van der Waals surface area contributed by atoms with E-state index in [2.05, 4.69) is 11.7 Å². The van der Waals surface area contributed by atoms with E-state index in [4.69, 9.17) is 4.74 Å². The zero-order chi connectivity index (χ0) is 24.5. The summed E-state index contributed by atoms with van der Waals surface area (Å²) in [5, 5.41) is 3.57. The van der Waals surface area contributed by atoms with Crippen molar-refractivity contribution in [3.05, 3.63) is 96.1 Å². The normalized spacial score (nSPS) is 19.6. The van der Waals surface area contributed by atoms with Crippen LogP contribution in [0.4, 0.5) is 22.4 Å².